The standard InChI is InChI=1S/C23H27NO4/c1-27-20-12-11-17(13-21(20)28-2)18(14-22(24)25)10-9-16-8-7-15-5-3-4-6-19(15)23(16)26/h3-6,11-13,16,18H,7-10,14H2,1-2H3,(H2,24,25). The van der Waals surface area contributed by atoms with Crippen LogP contribution in [0.3, 0.4) is 0 Å². The van der Waals surface area contributed by atoms with Crippen molar-refractivity contribution in [1.29, 1.82) is 0 Å². The molecule has 0 aliphatic heterocycles. The molecular formula is C23H27NO4. The molecule has 2 aromatic rings. The lowest BCUT2D eigenvalue weighted by Crippen LogP contribution is -2.23. The number of Topliss-reactive ketones (excluding diaryl/α,β-unsaturated/α-hetero) is 1. The zero-order valence-electron chi connectivity index (χ0n) is 16.4. The molecule has 0 bridgehead atoms. The molecule has 148 valence electrons. The number of benzene rings is 2. The molecule has 2 aromatic carbocycles. The third kappa shape index (κ3) is 4.35. The number of hydrogen-bond acceptors (Lipinski definition) is 4. The van der Waals surface area contributed by atoms with E-state index in [1.807, 2.05) is 42.5 Å². The molecule has 0 radical (unpaired) electrons. The van der Waals surface area contributed by atoms with Gasteiger partial charge in [-0.05, 0) is 54.9 Å². The monoisotopic (exact) mass is 381 g/mol. The number of carbonyl (C=O) groups is 2. The van der Waals surface area contributed by atoms with Crippen LogP contribution in [0.1, 0.15) is 53.1 Å². The van der Waals surface area contributed by atoms with Crippen LogP contribution in [0.5, 0.6) is 11.5 Å². The van der Waals surface area contributed by atoms with E-state index in [0.717, 1.165) is 42.4 Å². The number of ketones is 1. The molecule has 2 atom stereocenters. The van der Waals surface area contributed by atoms with Crippen LogP contribution in [-0.2, 0) is 11.2 Å². The molecule has 5 heteroatoms. The molecule has 1 aliphatic rings. The molecule has 2 unspecified atom stereocenters. The third-order valence-electron chi connectivity index (χ3n) is 5.61. The maximum Gasteiger partial charge on any atom is 0.218 e. The van der Waals surface area contributed by atoms with E-state index in [0.29, 0.717) is 11.5 Å². The summed E-state index contributed by atoms with van der Waals surface area (Å²) in [6, 6.07) is 13.5. The quantitative estimate of drug-likeness (QED) is 0.752. The van der Waals surface area contributed by atoms with E-state index in [4.69, 9.17) is 15.2 Å². The van der Waals surface area contributed by atoms with Gasteiger partial charge in [-0.1, -0.05) is 30.3 Å². The van der Waals surface area contributed by atoms with Crippen LogP contribution in [0.4, 0.5) is 0 Å². The lowest BCUT2D eigenvalue weighted by molar-refractivity contribution is -0.118. The molecule has 5 nitrogen and oxygen atoms in total. The van der Waals surface area contributed by atoms with Gasteiger partial charge >= 0.3 is 0 Å². The number of primary amides is 1. The second kappa shape index (κ2) is 8.91. The smallest absolute Gasteiger partial charge is 0.218 e. The van der Waals surface area contributed by atoms with Crippen molar-refractivity contribution in [3.8, 4) is 11.5 Å². The summed E-state index contributed by atoms with van der Waals surface area (Å²) in [5.74, 6) is 1.07. The molecule has 0 heterocycles. The normalized spacial score (nSPS) is 16.9. The van der Waals surface area contributed by atoms with Crippen molar-refractivity contribution < 1.29 is 19.1 Å². The molecule has 3 rings (SSSR count). The maximum absolute atomic E-state index is 12.8. The van der Waals surface area contributed by atoms with Gasteiger partial charge < -0.3 is 15.2 Å². The van der Waals surface area contributed by atoms with Crippen molar-refractivity contribution in [2.45, 2.75) is 38.0 Å². The van der Waals surface area contributed by atoms with Crippen molar-refractivity contribution in [2.75, 3.05) is 14.2 Å². The highest BCUT2D eigenvalue weighted by molar-refractivity contribution is 6.00. The first kappa shape index (κ1) is 19.9. The predicted molar refractivity (Wildman–Crippen MR) is 108 cm³/mol. The minimum Gasteiger partial charge on any atom is -0.493 e. The zero-order chi connectivity index (χ0) is 20.1. The fourth-order valence-corrected chi connectivity index (χ4v) is 4.07. The Balaban J connectivity index is 1.75. The van der Waals surface area contributed by atoms with Crippen LogP contribution in [0.15, 0.2) is 42.5 Å². The summed E-state index contributed by atoms with van der Waals surface area (Å²) < 4.78 is 10.7. The number of rotatable bonds is 8. The highest BCUT2D eigenvalue weighted by Gasteiger charge is 2.28. The number of methoxy groups -OCH3 is 2. The second-order valence-electron chi connectivity index (χ2n) is 7.32. The van der Waals surface area contributed by atoms with E-state index in [1.54, 1.807) is 14.2 Å². The molecule has 0 aromatic heterocycles. The van der Waals surface area contributed by atoms with Gasteiger partial charge in [-0.3, -0.25) is 9.59 Å². The Bertz CT molecular complexity index is 861. The van der Waals surface area contributed by atoms with E-state index in [-0.39, 0.29) is 29.9 Å². The molecule has 2 N–H and O–H groups in total. The molecular weight excluding hydrogens is 354 g/mol. The molecule has 0 saturated heterocycles. The first-order valence-electron chi connectivity index (χ1n) is 9.65. The molecule has 1 amide bonds. The fourth-order valence-electron chi connectivity index (χ4n) is 4.07. The molecule has 28 heavy (non-hydrogen) atoms. The molecule has 0 fully saturated rings. The Morgan fingerprint density at radius 2 is 1.89 bits per heavy atom. The van der Waals surface area contributed by atoms with E-state index >= 15 is 0 Å². The van der Waals surface area contributed by atoms with Gasteiger partial charge in [0.05, 0.1) is 14.2 Å². The Morgan fingerprint density at radius 3 is 2.61 bits per heavy atom. The van der Waals surface area contributed by atoms with Crippen LogP contribution < -0.4 is 15.2 Å². The summed E-state index contributed by atoms with van der Waals surface area (Å²) >= 11 is 0. The summed E-state index contributed by atoms with van der Waals surface area (Å²) in [5, 5.41) is 0. The van der Waals surface area contributed by atoms with Crippen LogP contribution in [0.25, 0.3) is 0 Å². The minimum absolute atomic E-state index is 0.00887. The van der Waals surface area contributed by atoms with Gasteiger partial charge in [-0.25, -0.2) is 0 Å². The van der Waals surface area contributed by atoms with E-state index in [9.17, 15) is 9.59 Å². The summed E-state index contributed by atoms with van der Waals surface area (Å²) in [7, 11) is 3.17. The lowest BCUT2D eigenvalue weighted by Gasteiger charge is -2.25. The number of hydrogen-bond donors (Lipinski definition) is 1. The Labute approximate surface area is 165 Å². The number of ether oxygens (including phenoxy) is 2. The van der Waals surface area contributed by atoms with Crippen molar-refractivity contribution >= 4 is 11.7 Å². The highest BCUT2D eigenvalue weighted by Crippen LogP contribution is 2.36. The topological polar surface area (TPSA) is 78.6 Å². The molecule has 0 spiro atoms. The number of nitrogens with two attached hydrogens (primary N) is 1. The van der Waals surface area contributed by atoms with Crippen LogP contribution in [-0.4, -0.2) is 25.9 Å². The van der Waals surface area contributed by atoms with Crippen molar-refractivity contribution in [3.63, 3.8) is 0 Å². The fraction of sp³-hybridized carbons (Fsp3) is 0.391. The highest BCUT2D eigenvalue weighted by atomic mass is 16.5. The predicted octanol–water partition coefficient (Wildman–Crippen LogP) is 3.89. The summed E-state index contributed by atoms with van der Waals surface area (Å²) in [4.78, 5) is 24.5. The number of carbonyl (C=O) groups excluding carboxylic acids is 2. The Morgan fingerprint density at radius 1 is 1.14 bits per heavy atom. The van der Waals surface area contributed by atoms with Crippen molar-refractivity contribution in [3.05, 3.63) is 59.2 Å². The van der Waals surface area contributed by atoms with Crippen LogP contribution in [0.2, 0.25) is 0 Å². The largest absolute Gasteiger partial charge is 0.493 e. The van der Waals surface area contributed by atoms with Crippen molar-refractivity contribution in [1.82, 2.24) is 0 Å². The summed E-state index contributed by atoms with van der Waals surface area (Å²) in [6.07, 6.45) is 3.47. The van der Waals surface area contributed by atoms with Crippen LogP contribution in [0, 0.1) is 5.92 Å². The summed E-state index contributed by atoms with van der Waals surface area (Å²) in [6.45, 7) is 0. The van der Waals surface area contributed by atoms with Gasteiger partial charge in [0, 0.05) is 17.9 Å². The summed E-state index contributed by atoms with van der Waals surface area (Å²) in [5.41, 5.74) is 8.45. The molecule has 1 aliphatic carbocycles. The second-order valence-corrected chi connectivity index (χ2v) is 7.32. The average molecular weight is 381 g/mol. The van der Waals surface area contributed by atoms with Crippen molar-refractivity contribution in [2.24, 2.45) is 11.7 Å². The van der Waals surface area contributed by atoms with E-state index in [1.165, 1.54) is 0 Å². The van der Waals surface area contributed by atoms with E-state index < -0.39 is 0 Å². The number of fused-ring (bicyclic) bond motifs is 1. The average Bonchev–Trinajstić information content (AvgIpc) is 2.71. The van der Waals surface area contributed by atoms with Gasteiger partial charge in [0.15, 0.2) is 17.3 Å². The number of amides is 1. The first-order valence-corrected chi connectivity index (χ1v) is 9.65. The third-order valence-corrected chi connectivity index (χ3v) is 5.61. The van der Waals surface area contributed by atoms with Gasteiger partial charge in [-0.15, -0.1) is 0 Å². The molecule has 0 saturated carbocycles. The lowest BCUT2D eigenvalue weighted by atomic mass is 9.78. The SMILES string of the molecule is COc1ccc(C(CCC2CCc3ccccc3C2=O)CC(N)=O)cc1OC. The van der Waals surface area contributed by atoms with Gasteiger partial charge in [0.1, 0.15) is 0 Å². The van der Waals surface area contributed by atoms with E-state index in [2.05, 4.69) is 0 Å². The maximum atomic E-state index is 12.8. The van der Waals surface area contributed by atoms with Gasteiger partial charge in [0.2, 0.25) is 5.91 Å². The Kier molecular flexibility index (Phi) is 6.34. The van der Waals surface area contributed by atoms with Gasteiger partial charge in [0.25, 0.3) is 0 Å². The minimum atomic E-state index is -0.347. The van der Waals surface area contributed by atoms with Crippen LogP contribution >= 0.6 is 0 Å². The number of aryl methyl sites for hydroxylation is 1. The van der Waals surface area contributed by atoms with Gasteiger partial charge in [-0.2, -0.15) is 0 Å². The first-order chi connectivity index (χ1) is 13.5. The zero-order valence-corrected chi connectivity index (χ0v) is 16.4. The Hall–Kier alpha value is -2.82.